The largest absolute Gasteiger partial charge is 0.506 e. The van der Waals surface area contributed by atoms with Gasteiger partial charge in [0.2, 0.25) is 0 Å². The van der Waals surface area contributed by atoms with E-state index in [4.69, 9.17) is 11.6 Å². The highest BCUT2D eigenvalue weighted by atomic mass is 79.9. The molecule has 0 saturated carbocycles. The number of nitrogens with one attached hydrogen (secondary N) is 1. The van der Waals surface area contributed by atoms with Gasteiger partial charge in [-0.25, -0.2) is 0 Å². The quantitative estimate of drug-likeness (QED) is 0.788. The third-order valence-electron chi connectivity index (χ3n) is 2.74. The molecule has 3 nitrogen and oxygen atoms in total. The molecule has 0 spiro atoms. The van der Waals surface area contributed by atoms with E-state index in [1.807, 2.05) is 24.3 Å². The van der Waals surface area contributed by atoms with E-state index in [1.165, 1.54) is 6.07 Å². The minimum absolute atomic E-state index is 0.0331. The summed E-state index contributed by atoms with van der Waals surface area (Å²) in [5.41, 5.74) is 1.71. The van der Waals surface area contributed by atoms with Gasteiger partial charge in [0.25, 0.3) is 0 Å². The molecule has 1 unspecified atom stereocenters. The molecule has 0 aliphatic carbocycles. The molecule has 2 aromatic rings. The van der Waals surface area contributed by atoms with E-state index >= 15 is 0 Å². The standard InChI is InChI=1S/C14H13BrClNO2/c15-10-2-4-11(5-3-10)17-13(8-18)9-1-6-14(19)12(16)7-9/h1-7,13,17-19H,8H2. The van der Waals surface area contributed by atoms with Crippen LogP contribution in [0.5, 0.6) is 5.75 Å². The number of aliphatic hydroxyl groups is 1. The lowest BCUT2D eigenvalue weighted by Crippen LogP contribution is -2.14. The van der Waals surface area contributed by atoms with Crippen molar-refractivity contribution < 1.29 is 10.2 Å². The van der Waals surface area contributed by atoms with Crippen molar-refractivity contribution in [2.45, 2.75) is 6.04 Å². The third-order valence-corrected chi connectivity index (χ3v) is 3.57. The number of phenols is 1. The Kier molecular flexibility index (Phi) is 4.69. The van der Waals surface area contributed by atoms with Gasteiger partial charge in [0.15, 0.2) is 0 Å². The lowest BCUT2D eigenvalue weighted by atomic mass is 10.1. The Hall–Kier alpha value is -1.23. The summed E-state index contributed by atoms with van der Waals surface area (Å²) >= 11 is 9.24. The monoisotopic (exact) mass is 341 g/mol. The molecule has 100 valence electrons. The van der Waals surface area contributed by atoms with Crippen molar-refractivity contribution in [3.8, 4) is 5.75 Å². The molecular formula is C14H13BrClNO2. The van der Waals surface area contributed by atoms with Gasteiger partial charge in [-0.15, -0.1) is 0 Å². The van der Waals surface area contributed by atoms with Crippen molar-refractivity contribution in [3.05, 3.63) is 57.5 Å². The first-order valence-corrected chi connectivity index (χ1v) is 6.88. The summed E-state index contributed by atoms with van der Waals surface area (Å²) in [6.45, 7) is -0.0723. The Morgan fingerprint density at radius 1 is 1.16 bits per heavy atom. The fourth-order valence-corrected chi connectivity index (χ4v) is 2.17. The topological polar surface area (TPSA) is 52.5 Å². The molecule has 0 amide bonds. The normalized spacial score (nSPS) is 12.2. The number of benzene rings is 2. The second-order valence-corrected chi connectivity index (χ2v) is 5.42. The van der Waals surface area contributed by atoms with Gasteiger partial charge in [-0.05, 0) is 42.0 Å². The summed E-state index contributed by atoms with van der Waals surface area (Å²) in [5, 5.41) is 22.4. The molecule has 1 atom stereocenters. The Morgan fingerprint density at radius 3 is 2.42 bits per heavy atom. The molecule has 19 heavy (non-hydrogen) atoms. The van der Waals surface area contributed by atoms with E-state index in [0.717, 1.165) is 15.7 Å². The molecule has 2 aromatic carbocycles. The van der Waals surface area contributed by atoms with Gasteiger partial charge in [-0.1, -0.05) is 33.6 Å². The fourth-order valence-electron chi connectivity index (χ4n) is 1.72. The van der Waals surface area contributed by atoms with Crippen LogP contribution in [0.4, 0.5) is 5.69 Å². The predicted octanol–water partition coefficient (Wildman–Crippen LogP) is 3.95. The van der Waals surface area contributed by atoms with Crippen LogP contribution in [-0.4, -0.2) is 16.8 Å². The van der Waals surface area contributed by atoms with Crippen LogP contribution in [0.3, 0.4) is 0 Å². The summed E-state index contributed by atoms with van der Waals surface area (Å²) in [6.07, 6.45) is 0. The summed E-state index contributed by atoms with van der Waals surface area (Å²) in [7, 11) is 0. The highest BCUT2D eigenvalue weighted by Gasteiger charge is 2.12. The Morgan fingerprint density at radius 2 is 1.84 bits per heavy atom. The van der Waals surface area contributed by atoms with Crippen LogP contribution in [0, 0.1) is 0 Å². The van der Waals surface area contributed by atoms with Gasteiger partial charge in [0.05, 0.1) is 17.7 Å². The third kappa shape index (κ3) is 3.62. The highest BCUT2D eigenvalue weighted by Crippen LogP contribution is 2.28. The Balaban J connectivity index is 2.19. The molecular weight excluding hydrogens is 330 g/mol. The first-order valence-electron chi connectivity index (χ1n) is 5.71. The summed E-state index contributed by atoms with van der Waals surface area (Å²) in [6, 6.07) is 12.3. The number of anilines is 1. The summed E-state index contributed by atoms with van der Waals surface area (Å²) in [4.78, 5) is 0. The van der Waals surface area contributed by atoms with Crippen LogP contribution < -0.4 is 5.32 Å². The fraction of sp³-hybridized carbons (Fsp3) is 0.143. The first kappa shape index (κ1) is 14.2. The Bertz CT molecular complexity index is 560. The maximum absolute atomic E-state index is 9.48. The smallest absolute Gasteiger partial charge is 0.134 e. The van der Waals surface area contributed by atoms with Crippen molar-refractivity contribution >= 4 is 33.2 Å². The van der Waals surface area contributed by atoms with E-state index in [0.29, 0.717) is 0 Å². The van der Waals surface area contributed by atoms with Crippen molar-refractivity contribution in [1.29, 1.82) is 0 Å². The van der Waals surface area contributed by atoms with Crippen LogP contribution in [0.15, 0.2) is 46.9 Å². The van der Waals surface area contributed by atoms with Crippen molar-refractivity contribution in [3.63, 3.8) is 0 Å². The van der Waals surface area contributed by atoms with E-state index in [1.54, 1.807) is 12.1 Å². The summed E-state index contributed by atoms with van der Waals surface area (Å²) < 4.78 is 0.992. The van der Waals surface area contributed by atoms with E-state index in [9.17, 15) is 10.2 Å². The van der Waals surface area contributed by atoms with Crippen LogP contribution in [0.1, 0.15) is 11.6 Å². The van der Waals surface area contributed by atoms with Crippen LogP contribution in [-0.2, 0) is 0 Å². The maximum Gasteiger partial charge on any atom is 0.134 e. The number of aliphatic hydroxyl groups excluding tert-OH is 1. The van der Waals surface area contributed by atoms with Crippen molar-refractivity contribution in [2.24, 2.45) is 0 Å². The molecule has 2 rings (SSSR count). The lowest BCUT2D eigenvalue weighted by Gasteiger charge is -2.18. The van der Waals surface area contributed by atoms with Crippen LogP contribution in [0.25, 0.3) is 0 Å². The zero-order chi connectivity index (χ0) is 13.8. The molecule has 5 heteroatoms. The number of hydrogen-bond acceptors (Lipinski definition) is 3. The van der Waals surface area contributed by atoms with Gasteiger partial charge in [0.1, 0.15) is 5.75 Å². The molecule has 0 radical (unpaired) electrons. The average Bonchev–Trinajstić information content (AvgIpc) is 2.41. The second-order valence-electron chi connectivity index (χ2n) is 4.10. The minimum atomic E-state index is -0.278. The minimum Gasteiger partial charge on any atom is -0.506 e. The van der Waals surface area contributed by atoms with E-state index in [2.05, 4.69) is 21.2 Å². The molecule has 0 aromatic heterocycles. The number of phenolic OH excluding ortho intramolecular Hbond substituents is 1. The molecule has 0 saturated heterocycles. The van der Waals surface area contributed by atoms with Gasteiger partial charge in [0, 0.05) is 10.2 Å². The zero-order valence-corrected chi connectivity index (χ0v) is 12.3. The molecule has 0 fully saturated rings. The molecule has 0 aliphatic rings. The first-order chi connectivity index (χ1) is 9.10. The zero-order valence-electron chi connectivity index (χ0n) is 9.98. The predicted molar refractivity (Wildman–Crippen MR) is 80.7 cm³/mol. The molecule has 3 N–H and O–H groups in total. The number of rotatable bonds is 4. The molecule has 0 heterocycles. The Labute approximate surface area is 125 Å². The lowest BCUT2D eigenvalue weighted by molar-refractivity contribution is 0.276. The van der Waals surface area contributed by atoms with E-state index < -0.39 is 0 Å². The SMILES string of the molecule is OCC(Nc1ccc(Br)cc1)c1ccc(O)c(Cl)c1. The van der Waals surface area contributed by atoms with Crippen molar-refractivity contribution in [2.75, 3.05) is 11.9 Å². The second kappa shape index (κ2) is 6.28. The van der Waals surface area contributed by atoms with Gasteiger partial charge in [-0.3, -0.25) is 0 Å². The number of hydrogen-bond donors (Lipinski definition) is 3. The summed E-state index contributed by atoms with van der Waals surface area (Å²) in [5.74, 6) is 0.0331. The van der Waals surface area contributed by atoms with Crippen molar-refractivity contribution in [1.82, 2.24) is 0 Å². The highest BCUT2D eigenvalue weighted by molar-refractivity contribution is 9.10. The van der Waals surface area contributed by atoms with Gasteiger partial charge >= 0.3 is 0 Å². The van der Waals surface area contributed by atoms with Gasteiger partial charge < -0.3 is 15.5 Å². The van der Waals surface area contributed by atoms with Gasteiger partial charge in [-0.2, -0.15) is 0 Å². The maximum atomic E-state index is 9.48. The average molecular weight is 343 g/mol. The molecule has 0 bridgehead atoms. The number of halogens is 2. The van der Waals surface area contributed by atoms with E-state index in [-0.39, 0.29) is 23.4 Å². The molecule has 0 aliphatic heterocycles. The van der Waals surface area contributed by atoms with Crippen LogP contribution >= 0.6 is 27.5 Å². The van der Waals surface area contributed by atoms with Crippen LogP contribution in [0.2, 0.25) is 5.02 Å². The number of aromatic hydroxyl groups is 1.